The van der Waals surface area contributed by atoms with Crippen molar-refractivity contribution < 1.29 is 0 Å². The molecule has 0 aliphatic carbocycles. The Morgan fingerprint density at radius 3 is 2.93 bits per heavy atom. The predicted molar refractivity (Wildman–Crippen MR) is 67.7 cm³/mol. The molecule has 0 radical (unpaired) electrons. The maximum atomic E-state index is 4.39. The summed E-state index contributed by atoms with van der Waals surface area (Å²) in [5.41, 5.74) is 1.20. The van der Waals surface area contributed by atoms with Crippen LogP contribution in [0.4, 0.5) is 0 Å². The van der Waals surface area contributed by atoms with Crippen LogP contribution in [0.3, 0.4) is 0 Å². The molecule has 0 fully saturated rings. The van der Waals surface area contributed by atoms with Gasteiger partial charge in [0.15, 0.2) is 4.34 Å². The number of hydrogen-bond acceptors (Lipinski definition) is 5. The first kappa shape index (κ1) is 12.7. The molecule has 1 heterocycles. The van der Waals surface area contributed by atoms with Crippen molar-refractivity contribution in [1.82, 2.24) is 14.7 Å². The molecule has 0 atom stereocenters. The molecule has 1 rings (SSSR count). The van der Waals surface area contributed by atoms with Crippen LogP contribution in [-0.4, -0.2) is 28.2 Å². The number of likely N-dealkylation sites (N-methyl/N-ethyl adjacent to an activating group) is 1. The lowest BCUT2D eigenvalue weighted by molar-refractivity contribution is 0.779. The average Bonchev–Trinajstić information content (AvgIpc) is 2.71. The molecule has 84 valence electrons. The van der Waals surface area contributed by atoms with E-state index in [9.17, 15) is 0 Å². The van der Waals surface area contributed by atoms with Crippen LogP contribution in [0.2, 0.25) is 0 Å². The lowest BCUT2D eigenvalue weighted by atomic mass is 10.3. The van der Waals surface area contributed by atoms with Crippen molar-refractivity contribution in [1.29, 1.82) is 0 Å². The molecule has 0 saturated heterocycles. The number of nitrogens with zero attached hydrogens (tertiary/aromatic N) is 2. The summed E-state index contributed by atoms with van der Waals surface area (Å²) < 4.78 is 5.29. The van der Waals surface area contributed by atoms with Crippen LogP contribution < -0.4 is 5.32 Å². The predicted octanol–water partition coefficient (Wildman–Crippen LogP) is 2.36. The molecule has 5 heteroatoms. The van der Waals surface area contributed by atoms with Gasteiger partial charge in [0.05, 0.1) is 0 Å². The summed E-state index contributed by atoms with van der Waals surface area (Å²) >= 11 is 3.20. The highest BCUT2D eigenvalue weighted by molar-refractivity contribution is 8.01. The van der Waals surface area contributed by atoms with E-state index in [1.807, 2.05) is 0 Å². The molecule has 1 aromatic heterocycles. The third-order valence-corrected chi connectivity index (χ3v) is 3.81. The van der Waals surface area contributed by atoms with E-state index in [1.165, 1.54) is 17.1 Å². The van der Waals surface area contributed by atoms with E-state index in [0.717, 1.165) is 35.4 Å². The van der Waals surface area contributed by atoms with Gasteiger partial charge in [0.2, 0.25) is 0 Å². The minimum atomic E-state index is 0.892. The SMILES string of the molecule is C=C(CNCC)CSc1nc(CC)ns1. The van der Waals surface area contributed by atoms with Gasteiger partial charge in [-0.3, -0.25) is 0 Å². The number of nitrogens with one attached hydrogen (secondary N) is 1. The van der Waals surface area contributed by atoms with Gasteiger partial charge in [-0.1, -0.05) is 37.8 Å². The Hall–Kier alpha value is -0.390. The van der Waals surface area contributed by atoms with Gasteiger partial charge >= 0.3 is 0 Å². The molecule has 0 bridgehead atoms. The molecule has 0 unspecified atom stereocenters. The summed E-state index contributed by atoms with van der Waals surface area (Å²) in [6.07, 6.45) is 0.912. The first-order valence-electron chi connectivity index (χ1n) is 5.09. The van der Waals surface area contributed by atoms with Crippen LogP contribution in [-0.2, 0) is 6.42 Å². The molecule has 0 amide bonds. The lowest BCUT2D eigenvalue weighted by Crippen LogP contribution is -2.16. The van der Waals surface area contributed by atoms with Crippen molar-refractivity contribution >= 4 is 23.3 Å². The van der Waals surface area contributed by atoms with Crippen molar-refractivity contribution in [3.63, 3.8) is 0 Å². The third-order valence-electron chi connectivity index (χ3n) is 1.79. The quantitative estimate of drug-likeness (QED) is 0.589. The van der Waals surface area contributed by atoms with Crippen LogP contribution >= 0.6 is 23.3 Å². The van der Waals surface area contributed by atoms with Crippen molar-refractivity contribution in [3.05, 3.63) is 18.0 Å². The van der Waals surface area contributed by atoms with Gasteiger partial charge < -0.3 is 5.32 Å². The first-order chi connectivity index (χ1) is 7.26. The van der Waals surface area contributed by atoms with Crippen molar-refractivity contribution in [2.24, 2.45) is 0 Å². The van der Waals surface area contributed by atoms with Crippen molar-refractivity contribution in [3.8, 4) is 0 Å². The van der Waals surface area contributed by atoms with E-state index in [0.29, 0.717) is 0 Å². The van der Waals surface area contributed by atoms with Crippen molar-refractivity contribution in [2.75, 3.05) is 18.8 Å². The summed E-state index contributed by atoms with van der Waals surface area (Å²) in [5.74, 6) is 1.87. The summed E-state index contributed by atoms with van der Waals surface area (Å²) in [6.45, 7) is 10.1. The zero-order valence-corrected chi connectivity index (χ0v) is 10.9. The number of hydrogen-bond donors (Lipinski definition) is 1. The highest BCUT2D eigenvalue weighted by atomic mass is 32.2. The normalized spacial score (nSPS) is 10.5. The zero-order valence-electron chi connectivity index (χ0n) is 9.25. The van der Waals surface area contributed by atoms with Crippen LogP contribution in [0.1, 0.15) is 19.7 Å². The van der Waals surface area contributed by atoms with E-state index in [1.54, 1.807) is 11.8 Å². The minimum Gasteiger partial charge on any atom is -0.313 e. The number of aromatic nitrogens is 2. The first-order valence-corrected chi connectivity index (χ1v) is 6.84. The molecule has 1 N–H and O–H groups in total. The van der Waals surface area contributed by atoms with Crippen molar-refractivity contribution in [2.45, 2.75) is 24.6 Å². The molecular weight excluding hydrogens is 226 g/mol. The summed E-state index contributed by atoms with van der Waals surface area (Å²) in [4.78, 5) is 4.39. The maximum Gasteiger partial charge on any atom is 0.170 e. The fourth-order valence-corrected chi connectivity index (χ4v) is 2.56. The monoisotopic (exact) mass is 243 g/mol. The second-order valence-corrected chi connectivity index (χ2v) is 5.12. The Morgan fingerprint density at radius 1 is 1.53 bits per heavy atom. The van der Waals surface area contributed by atoms with Crippen LogP contribution in [0.15, 0.2) is 16.5 Å². The van der Waals surface area contributed by atoms with E-state index >= 15 is 0 Å². The van der Waals surface area contributed by atoms with Gasteiger partial charge in [0.1, 0.15) is 5.82 Å². The Kier molecular flexibility index (Phi) is 5.90. The minimum absolute atomic E-state index is 0.892. The Morgan fingerprint density at radius 2 is 2.33 bits per heavy atom. The average molecular weight is 243 g/mol. The molecule has 15 heavy (non-hydrogen) atoms. The molecule has 0 spiro atoms. The van der Waals surface area contributed by atoms with Gasteiger partial charge in [-0.15, -0.1) is 0 Å². The van der Waals surface area contributed by atoms with Gasteiger partial charge in [-0.25, -0.2) is 4.98 Å². The second-order valence-electron chi connectivity index (χ2n) is 3.15. The Bertz CT molecular complexity index is 309. The van der Waals surface area contributed by atoms with Crippen LogP contribution in [0.25, 0.3) is 0 Å². The highest BCUT2D eigenvalue weighted by Crippen LogP contribution is 2.21. The second kappa shape index (κ2) is 6.98. The standard InChI is InChI=1S/C10H17N3S2/c1-4-9-12-10(15-13-9)14-7-8(3)6-11-5-2/h11H,3-7H2,1-2H3. The lowest BCUT2D eigenvalue weighted by Gasteiger charge is -2.03. The van der Waals surface area contributed by atoms with Gasteiger partial charge in [0, 0.05) is 18.7 Å². The van der Waals surface area contributed by atoms with E-state index < -0.39 is 0 Å². The zero-order chi connectivity index (χ0) is 11.1. The van der Waals surface area contributed by atoms with Crippen LogP contribution in [0.5, 0.6) is 0 Å². The molecule has 3 nitrogen and oxygen atoms in total. The molecule has 0 saturated carbocycles. The molecule has 0 aliphatic rings. The Labute approximate surface area is 99.6 Å². The maximum absolute atomic E-state index is 4.39. The van der Waals surface area contributed by atoms with Gasteiger partial charge in [-0.2, -0.15) is 4.37 Å². The van der Waals surface area contributed by atoms with Gasteiger partial charge in [0.25, 0.3) is 0 Å². The topological polar surface area (TPSA) is 37.8 Å². The smallest absolute Gasteiger partial charge is 0.170 e. The van der Waals surface area contributed by atoms with E-state index in [4.69, 9.17) is 0 Å². The summed E-state index contributed by atoms with van der Waals surface area (Å²) in [6, 6.07) is 0. The van der Waals surface area contributed by atoms with E-state index in [2.05, 4.69) is 35.1 Å². The fraction of sp³-hybridized carbons (Fsp3) is 0.600. The van der Waals surface area contributed by atoms with Gasteiger partial charge in [-0.05, 0) is 18.1 Å². The number of aryl methyl sites for hydroxylation is 1. The summed E-state index contributed by atoms with van der Waals surface area (Å²) in [5, 5.41) is 3.26. The highest BCUT2D eigenvalue weighted by Gasteiger charge is 2.03. The fourth-order valence-electron chi connectivity index (χ4n) is 0.957. The largest absolute Gasteiger partial charge is 0.313 e. The van der Waals surface area contributed by atoms with E-state index in [-0.39, 0.29) is 0 Å². The number of thioether (sulfide) groups is 1. The molecule has 1 aromatic rings. The Balaban J connectivity index is 2.27. The van der Waals surface area contributed by atoms with Crippen LogP contribution in [0, 0.1) is 0 Å². The number of rotatable bonds is 7. The summed E-state index contributed by atoms with van der Waals surface area (Å²) in [7, 11) is 0. The molecule has 0 aromatic carbocycles. The molecular formula is C10H17N3S2. The molecule has 0 aliphatic heterocycles. The third kappa shape index (κ3) is 4.77.